The minimum absolute atomic E-state index is 0.0234. The molecule has 1 fully saturated rings. The first-order valence-corrected chi connectivity index (χ1v) is 10.1. The lowest BCUT2D eigenvalue weighted by Crippen LogP contribution is -2.41. The fourth-order valence-electron chi connectivity index (χ4n) is 2.92. The Bertz CT molecular complexity index is 609. The van der Waals surface area contributed by atoms with Gasteiger partial charge >= 0.3 is 0 Å². The number of halogens is 1. The van der Waals surface area contributed by atoms with Crippen molar-refractivity contribution < 1.29 is 14.1 Å². The first-order chi connectivity index (χ1) is 11.5. The van der Waals surface area contributed by atoms with E-state index in [1.54, 1.807) is 28.4 Å². The van der Waals surface area contributed by atoms with Gasteiger partial charge < -0.3 is 4.90 Å². The number of amides is 1. The molecule has 1 atom stereocenters. The molecule has 0 N–H and O–H groups in total. The smallest absolute Gasteiger partial charge is 0.282 e. The molecule has 1 aliphatic heterocycles. The van der Waals surface area contributed by atoms with E-state index >= 15 is 0 Å². The summed E-state index contributed by atoms with van der Waals surface area (Å²) < 4.78 is 13.8. The number of thioether (sulfide) groups is 2. The lowest BCUT2D eigenvalue weighted by molar-refractivity contribution is -0.385. The first kappa shape index (κ1) is 19.1. The fourth-order valence-corrected chi connectivity index (χ4v) is 5.79. The lowest BCUT2D eigenvalue weighted by atomic mass is 10.1. The Morgan fingerprint density at radius 1 is 1.42 bits per heavy atom. The highest BCUT2D eigenvalue weighted by atomic mass is 32.2. The molecular formula is C16H21FN2O3S2. The molecule has 2 rings (SSSR count). The monoisotopic (exact) mass is 372 g/mol. The van der Waals surface area contributed by atoms with Gasteiger partial charge in [-0.05, 0) is 36.5 Å². The average molecular weight is 372 g/mol. The molecule has 8 heteroatoms. The Labute approximate surface area is 149 Å². The molecule has 132 valence electrons. The first-order valence-electron chi connectivity index (χ1n) is 7.97. The summed E-state index contributed by atoms with van der Waals surface area (Å²) in [6.45, 7) is 4.71. The van der Waals surface area contributed by atoms with Crippen molar-refractivity contribution in [3.63, 3.8) is 0 Å². The summed E-state index contributed by atoms with van der Waals surface area (Å²) >= 11 is 3.58. The van der Waals surface area contributed by atoms with Crippen molar-refractivity contribution in [1.82, 2.24) is 4.90 Å². The highest BCUT2D eigenvalue weighted by Gasteiger charge is 2.37. The van der Waals surface area contributed by atoms with Crippen molar-refractivity contribution in [2.45, 2.75) is 37.3 Å². The normalized spacial score (nSPS) is 17.5. The third kappa shape index (κ3) is 4.22. The van der Waals surface area contributed by atoms with Crippen molar-refractivity contribution in [3.8, 4) is 0 Å². The van der Waals surface area contributed by atoms with Crippen LogP contribution in [0.2, 0.25) is 0 Å². The third-order valence-corrected chi connectivity index (χ3v) is 6.69. The number of rotatable bonds is 7. The summed E-state index contributed by atoms with van der Waals surface area (Å²) in [5.74, 6) is 0.802. The van der Waals surface area contributed by atoms with Gasteiger partial charge in [-0.2, -0.15) is 0 Å². The predicted molar refractivity (Wildman–Crippen MR) is 97.2 cm³/mol. The minimum atomic E-state index is -0.637. The van der Waals surface area contributed by atoms with Crippen LogP contribution in [-0.4, -0.2) is 44.4 Å². The van der Waals surface area contributed by atoms with E-state index in [1.807, 2.05) is 0 Å². The summed E-state index contributed by atoms with van der Waals surface area (Å²) in [4.78, 5) is 25.1. The van der Waals surface area contributed by atoms with E-state index in [4.69, 9.17) is 0 Å². The van der Waals surface area contributed by atoms with Crippen LogP contribution in [0.3, 0.4) is 0 Å². The van der Waals surface area contributed by atoms with Gasteiger partial charge in [-0.3, -0.25) is 14.9 Å². The van der Waals surface area contributed by atoms with Crippen LogP contribution in [-0.2, 0) is 0 Å². The van der Waals surface area contributed by atoms with Crippen molar-refractivity contribution >= 4 is 35.1 Å². The maximum absolute atomic E-state index is 13.6. The van der Waals surface area contributed by atoms with E-state index in [2.05, 4.69) is 13.8 Å². The van der Waals surface area contributed by atoms with Crippen LogP contribution in [0.4, 0.5) is 10.1 Å². The largest absolute Gasteiger partial charge is 0.333 e. The zero-order valence-corrected chi connectivity index (χ0v) is 15.4. The molecule has 1 amide bonds. The molecule has 0 spiro atoms. The molecule has 0 saturated carbocycles. The van der Waals surface area contributed by atoms with Gasteiger partial charge in [0.2, 0.25) is 0 Å². The van der Waals surface area contributed by atoms with E-state index in [1.165, 1.54) is 0 Å². The highest BCUT2D eigenvalue weighted by Crippen LogP contribution is 2.36. The van der Waals surface area contributed by atoms with Gasteiger partial charge in [0.05, 0.1) is 15.5 Å². The van der Waals surface area contributed by atoms with E-state index in [-0.39, 0.29) is 21.9 Å². The van der Waals surface area contributed by atoms with Gasteiger partial charge in [-0.1, -0.05) is 13.8 Å². The number of hydrogen-bond acceptors (Lipinski definition) is 5. The highest BCUT2D eigenvalue weighted by molar-refractivity contribution is 8.17. The lowest BCUT2D eigenvalue weighted by Gasteiger charge is -2.30. The SMILES string of the molecule is CCSC(SCC)[C@@H]1CCCN1C(=O)c1cc(F)ccc1[N+](=O)[O-]. The summed E-state index contributed by atoms with van der Waals surface area (Å²) in [5, 5.41) is 11.2. The Morgan fingerprint density at radius 2 is 2.08 bits per heavy atom. The molecule has 1 aromatic rings. The van der Waals surface area contributed by atoms with E-state index in [0.29, 0.717) is 6.54 Å². The Balaban J connectivity index is 2.31. The predicted octanol–water partition coefficient (Wildman–Crippen LogP) is 4.17. The zero-order valence-electron chi connectivity index (χ0n) is 13.7. The standard InChI is InChI=1S/C16H21FN2O3S2/c1-3-23-16(24-4-2)14-6-5-9-18(14)15(20)12-10-11(17)7-8-13(12)19(21)22/h7-8,10,14,16H,3-6,9H2,1-2H3/t14-/m0/s1. The van der Waals surface area contributed by atoms with Crippen LogP contribution in [0.5, 0.6) is 0 Å². The number of nitrogens with zero attached hydrogens (tertiary/aromatic N) is 2. The van der Waals surface area contributed by atoms with Crippen molar-refractivity contribution in [2.24, 2.45) is 0 Å². The third-order valence-electron chi connectivity index (χ3n) is 3.92. The second-order valence-electron chi connectivity index (χ2n) is 5.41. The molecule has 0 radical (unpaired) electrons. The second kappa shape index (κ2) is 8.71. The molecule has 0 unspecified atom stereocenters. The number of carbonyl (C=O) groups excluding carboxylic acids is 1. The molecule has 1 heterocycles. The topological polar surface area (TPSA) is 63.5 Å². The van der Waals surface area contributed by atoms with Gasteiger partial charge in [-0.15, -0.1) is 23.5 Å². The van der Waals surface area contributed by atoms with Crippen LogP contribution >= 0.6 is 23.5 Å². The summed E-state index contributed by atoms with van der Waals surface area (Å²) in [7, 11) is 0. The molecule has 1 saturated heterocycles. The van der Waals surface area contributed by atoms with Gasteiger partial charge in [0.15, 0.2) is 0 Å². The van der Waals surface area contributed by atoms with Gasteiger partial charge in [-0.25, -0.2) is 4.39 Å². The van der Waals surface area contributed by atoms with Crippen LogP contribution in [0.15, 0.2) is 18.2 Å². The van der Waals surface area contributed by atoms with Crippen LogP contribution in [0.1, 0.15) is 37.0 Å². The van der Waals surface area contributed by atoms with Crippen molar-refractivity contribution in [1.29, 1.82) is 0 Å². The number of benzene rings is 1. The molecular weight excluding hydrogens is 351 g/mol. The van der Waals surface area contributed by atoms with E-state index in [9.17, 15) is 19.3 Å². The van der Waals surface area contributed by atoms with Gasteiger partial charge in [0, 0.05) is 12.6 Å². The number of nitro benzene ring substituents is 1. The van der Waals surface area contributed by atoms with Crippen LogP contribution in [0.25, 0.3) is 0 Å². The van der Waals surface area contributed by atoms with Crippen molar-refractivity contribution in [2.75, 3.05) is 18.1 Å². The second-order valence-corrected chi connectivity index (χ2v) is 8.54. The molecule has 1 aromatic carbocycles. The fraction of sp³-hybridized carbons (Fsp3) is 0.562. The number of likely N-dealkylation sites (tertiary alicyclic amines) is 1. The average Bonchev–Trinajstić information content (AvgIpc) is 3.03. The van der Waals surface area contributed by atoms with Crippen LogP contribution < -0.4 is 0 Å². The molecule has 0 bridgehead atoms. The maximum Gasteiger partial charge on any atom is 0.282 e. The zero-order chi connectivity index (χ0) is 17.7. The van der Waals surface area contributed by atoms with E-state index < -0.39 is 16.6 Å². The quantitative estimate of drug-likeness (QED) is 0.408. The molecule has 0 aromatic heterocycles. The maximum atomic E-state index is 13.6. The summed E-state index contributed by atoms with van der Waals surface area (Å²) in [6.07, 6.45) is 1.74. The summed E-state index contributed by atoms with van der Waals surface area (Å²) in [5.41, 5.74) is -0.497. The van der Waals surface area contributed by atoms with E-state index in [0.717, 1.165) is 42.5 Å². The van der Waals surface area contributed by atoms with Crippen LogP contribution in [0, 0.1) is 15.9 Å². The molecule has 5 nitrogen and oxygen atoms in total. The number of hydrogen-bond donors (Lipinski definition) is 0. The van der Waals surface area contributed by atoms with Crippen molar-refractivity contribution in [3.05, 3.63) is 39.7 Å². The van der Waals surface area contributed by atoms with Gasteiger partial charge in [0.1, 0.15) is 11.4 Å². The molecule has 24 heavy (non-hydrogen) atoms. The van der Waals surface area contributed by atoms with Gasteiger partial charge in [0.25, 0.3) is 11.6 Å². The Morgan fingerprint density at radius 3 is 2.67 bits per heavy atom. The minimum Gasteiger partial charge on any atom is -0.333 e. The Kier molecular flexibility index (Phi) is 6.91. The Hall–Kier alpha value is -1.28. The number of nitro groups is 1. The number of carbonyl (C=O) groups is 1. The molecule has 1 aliphatic rings. The molecule has 0 aliphatic carbocycles. The summed E-state index contributed by atoms with van der Waals surface area (Å²) in [6, 6.07) is 3.08.